The number of aromatic nitrogens is 2. The molecule has 1 aromatic heterocycles. The Bertz CT molecular complexity index is 1190. The van der Waals surface area contributed by atoms with E-state index in [2.05, 4.69) is 15.3 Å². The summed E-state index contributed by atoms with van der Waals surface area (Å²) in [5, 5.41) is 3.98. The van der Waals surface area contributed by atoms with Gasteiger partial charge in [-0.05, 0) is 67.4 Å². The molecule has 6 heteroatoms. The summed E-state index contributed by atoms with van der Waals surface area (Å²) in [6.07, 6.45) is 0. The summed E-state index contributed by atoms with van der Waals surface area (Å²) in [5.74, 6) is 0.430. The molecule has 0 aliphatic carbocycles. The number of anilines is 1. The number of aromatic amines is 1. The van der Waals surface area contributed by atoms with E-state index in [-0.39, 0.29) is 5.91 Å². The summed E-state index contributed by atoms with van der Waals surface area (Å²) >= 11 is 12.6. The van der Waals surface area contributed by atoms with Crippen LogP contribution in [0.3, 0.4) is 0 Å². The van der Waals surface area contributed by atoms with Crippen LogP contribution in [0.5, 0.6) is 0 Å². The first kappa shape index (κ1) is 18.5. The van der Waals surface area contributed by atoms with Gasteiger partial charge in [0.05, 0.1) is 26.6 Å². The first-order valence-electron chi connectivity index (χ1n) is 8.75. The van der Waals surface area contributed by atoms with E-state index in [1.165, 1.54) is 0 Å². The van der Waals surface area contributed by atoms with Crippen molar-refractivity contribution in [3.63, 3.8) is 0 Å². The number of carbonyl (C=O) groups excluding carboxylic acids is 1. The minimum absolute atomic E-state index is 0.156. The molecule has 0 saturated carbocycles. The highest BCUT2D eigenvalue weighted by molar-refractivity contribution is 6.39. The summed E-state index contributed by atoms with van der Waals surface area (Å²) in [4.78, 5) is 20.4. The number of halogens is 2. The molecule has 0 aliphatic rings. The highest BCUT2D eigenvalue weighted by Gasteiger charge is 2.14. The van der Waals surface area contributed by atoms with Gasteiger partial charge in [0.2, 0.25) is 0 Å². The van der Waals surface area contributed by atoms with Gasteiger partial charge in [0.25, 0.3) is 5.91 Å². The van der Waals surface area contributed by atoms with Crippen LogP contribution in [0.25, 0.3) is 22.4 Å². The number of carbonyl (C=O) groups is 1. The van der Waals surface area contributed by atoms with Crippen molar-refractivity contribution in [2.24, 2.45) is 0 Å². The molecule has 1 heterocycles. The van der Waals surface area contributed by atoms with Crippen LogP contribution >= 0.6 is 23.2 Å². The number of rotatable bonds is 3. The number of nitrogens with zero attached hydrogens (tertiary/aromatic N) is 1. The van der Waals surface area contributed by atoms with E-state index in [4.69, 9.17) is 23.2 Å². The van der Waals surface area contributed by atoms with Crippen LogP contribution in [-0.2, 0) is 0 Å². The van der Waals surface area contributed by atoms with Crippen molar-refractivity contribution in [3.8, 4) is 11.4 Å². The first-order chi connectivity index (χ1) is 13.4. The molecule has 0 saturated heterocycles. The second kappa shape index (κ2) is 7.30. The fourth-order valence-electron chi connectivity index (χ4n) is 3.02. The summed E-state index contributed by atoms with van der Waals surface area (Å²) < 4.78 is 0. The molecule has 0 unspecified atom stereocenters. The van der Waals surface area contributed by atoms with Gasteiger partial charge in [-0.15, -0.1) is 0 Å². The third-order valence-corrected chi connectivity index (χ3v) is 5.34. The average molecular weight is 410 g/mol. The number of aryl methyl sites for hydroxylation is 2. The van der Waals surface area contributed by atoms with E-state index in [1.807, 2.05) is 50.2 Å². The third-order valence-electron chi connectivity index (χ3n) is 4.71. The van der Waals surface area contributed by atoms with E-state index in [0.717, 1.165) is 22.2 Å². The third kappa shape index (κ3) is 3.49. The van der Waals surface area contributed by atoms with Crippen LogP contribution in [0.15, 0.2) is 54.6 Å². The molecule has 3 aromatic carbocycles. The van der Waals surface area contributed by atoms with Crippen molar-refractivity contribution < 1.29 is 4.79 Å². The van der Waals surface area contributed by atoms with E-state index < -0.39 is 0 Å². The molecule has 4 nitrogen and oxygen atoms in total. The van der Waals surface area contributed by atoms with Crippen molar-refractivity contribution in [2.75, 3.05) is 5.32 Å². The lowest BCUT2D eigenvalue weighted by atomic mass is 10.1. The molecule has 0 aliphatic heterocycles. The molecule has 28 heavy (non-hydrogen) atoms. The van der Waals surface area contributed by atoms with Gasteiger partial charge in [0.1, 0.15) is 5.82 Å². The van der Waals surface area contributed by atoms with Crippen molar-refractivity contribution in [1.82, 2.24) is 9.97 Å². The van der Waals surface area contributed by atoms with E-state index in [0.29, 0.717) is 32.7 Å². The maximum Gasteiger partial charge on any atom is 0.255 e. The number of hydrogen-bond donors (Lipinski definition) is 2. The van der Waals surface area contributed by atoms with Gasteiger partial charge in [-0.3, -0.25) is 4.79 Å². The number of imidazole rings is 1. The standard InChI is InChI=1S/C22H17Cl2N3O/c1-12-6-7-14(10-13(12)2)22(28)25-15-8-9-18-19(11-15)27-21(26-18)20-16(23)4-3-5-17(20)24/h3-11H,1-2H3,(H,25,28)(H,26,27). The molecule has 140 valence electrons. The fourth-order valence-corrected chi connectivity index (χ4v) is 3.59. The SMILES string of the molecule is Cc1ccc(C(=O)Nc2ccc3nc(-c4c(Cl)cccc4Cl)[nH]c3c2)cc1C. The minimum atomic E-state index is -0.156. The molecule has 0 spiro atoms. The van der Waals surface area contributed by atoms with E-state index in [9.17, 15) is 4.79 Å². The van der Waals surface area contributed by atoms with Crippen LogP contribution in [-0.4, -0.2) is 15.9 Å². The van der Waals surface area contributed by atoms with Crippen LogP contribution in [0.4, 0.5) is 5.69 Å². The molecule has 2 N–H and O–H groups in total. The second-order valence-corrected chi connectivity index (χ2v) is 7.48. The normalized spacial score (nSPS) is 11.0. The van der Waals surface area contributed by atoms with Gasteiger partial charge in [-0.2, -0.15) is 0 Å². The average Bonchev–Trinajstić information content (AvgIpc) is 3.06. The predicted octanol–water partition coefficient (Wildman–Crippen LogP) is 6.41. The predicted molar refractivity (Wildman–Crippen MR) is 115 cm³/mol. The van der Waals surface area contributed by atoms with Crippen molar-refractivity contribution in [2.45, 2.75) is 13.8 Å². The Morgan fingerprint density at radius 2 is 1.71 bits per heavy atom. The molecule has 0 fully saturated rings. The maximum atomic E-state index is 12.6. The summed E-state index contributed by atoms with van der Waals surface area (Å²) in [6, 6.07) is 16.5. The van der Waals surface area contributed by atoms with Crippen LogP contribution in [0.2, 0.25) is 10.0 Å². The molecule has 4 aromatic rings. The zero-order chi connectivity index (χ0) is 19.8. The molecule has 1 amide bonds. The van der Waals surface area contributed by atoms with E-state index >= 15 is 0 Å². The Morgan fingerprint density at radius 3 is 2.43 bits per heavy atom. The lowest BCUT2D eigenvalue weighted by molar-refractivity contribution is 0.102. The zero-order valence-electron chi connectivity index (χ0n) is 15.3. The highest BCUT2D eigenvalue weighted by atomic mass is 35.5. The Balaban J connectivity index is 1.65. The monoisotopic (exact) mass is 409 g/mol. The van der Waals surface area contributed by atoms with Crippen LogP contribution < -0.4 is 5.32 Å². The Morgan fingerprint density at radius 1 is 0.964 bits per heavy atom. The summed E-state index contributed by atoms with van der Waals surface area (Å²) in [7, 11) is 0. The second-order valence-electron chi connectivity index (χ2n) is 6.67. The lowest BCUT2D eigenvalue weighted by Gasteiger charge is -2.07. The van der Waals surface area contributed by atoms with Gasteiger partial charge in [-0.1, -0.05) is 35.3 Å². The molecule has 0 bridgehead atoms. The van der Waals surface area contributed by atoms with Gasteiger partial charge >= 0.3 is 0 Å². The smallest absolute Gasteiger partial charge is 0.255 e. The molecule has 0 radical (unpaired) electrons. The number of fused-ring (bicyclic) bond motifs is 1. The zero-order valence-corrected chi connectivity index (χ0v) is 16.8. The largest absolute Gasteiger partial charge is 0.338 e. The molecule has 4 rings (SSSR count). The van der Waals surface area contributed by atoms with Crippen LogP contribution in [0.1, 0.15) is 21.5 Å². The first-order valence-corrected chi connectivity index (χ1v) is 9.51. The number of benzene rings is 3. The lowest BCUT2D eigenvalue weighted by Crippen LogP contribution is -2.12. The number of H-pyrrole nitrogens is 1. The Hall–Kier alpha value is -2.82. The van der Waals surface area contributed by atoms with Crippen molar-refractivity contribution in [1.29, 1.82) is 0 Å². The maximum absolute atomic E-state index is 12.6. The van der Waals surface area contributed by atoms with Crippen molar-refractivity contribution in [3.05, 3.63) is 81.3 Å². The van der Waals surface area contributed by atoms with Gasteiger partial charge in [0, 0.05) is 11.3 Å². The molecule has 0 atom stereocenters. The highest BCUT2D eigenvalue weighted by Crippen LogP contribution is 2.34. The topological polar surface area (TPSA) is 57.8 Å². The number of nitrogens with one attached hydrogen (secondary N) is 2. The quantitative estimate of drug-likeness (QED) is 0.410. The van der Waals surface area contributed by atoms with Gasteiger partial charge in [-0.25, -0.2) is 4.98 Å². The summed E-state index contributed by atoms with van der Waals surface area (Å²) in [5.41, 5.74) is 5.73. The van der Waals surface area contributed by atoms with E-state index in [1.54, 1.807) is 18.2 Å². The van der Waals surface area contributed by atoms with Crippen LogP contribution in [0, 0.1) is 13.8 Å². The number of hydrogen-bond acceptors (Lipinski definition) is 2. The summed E-state index contributed by atoms with van der Waals surface area (Å²) in [6.45, 7) is 4.01. The molecular weight excluding hydrogens is 393 g/mol. The number of amides is 1. The van der Waals surface area contributed by atoms with Gasteiger partial charge < -0.3 is 10.3 Å². The minimum Gasteiger partial charge on any atom is -0.338 e. The van der Waals surface area contributed by atoms with Gasteiger partial charge in [0.15, 0.2) is 0 Å². The molecular formula is C22H17Cl2N3O. The Labute approximate surface area is 172 Å². The van der Waals surface area contributed by atoms with Crippen molar-refractivity contribution >= 4 is 45.8 Å². The Kier molecular flexibility index (Phi) is 4.84. The fraction of sp³-hybridized carbons (Fsp3) is 0.0909.